The third kappa shape index (κ3) is 6.81. The fraction of sp³-hybridized carbons (Fsp3) is 0.106. The molecule has 0 aliphatic carbocycles. The summed E-state index contributed by atoms with van der Waals surface area (Å²) in [6.07, 6.45) is 6.47. The van der Waals surface area contributed by atoms with Gasteiger partial charge in [0.05, 0.1) is 18.6 Å². The van der Waals surface area contributed by atoms with E-state index in [9.17, 15) is 9.59 Å². The lowest BCUT2D eigenvalue weighted by molar-refractivity contribution is -0.138. The number of nitrogens with one attached hydrogen (secondary N) is 1. The fourth-order valence-electron chi connectivity index (χ4n) is 7.02. The smallest absolute Gasteiger partial charge is 0.330 e. The summed E-state index contributed by atoms with van der Waals surface area (Å²) in [5, 5.41) is 3.78. The van der Waals surface area contributed by atoms with Crippen LogP contribution in [0.15, 0.2) is 158 Å². The summed E-state index contributed by atoms with van der Waals surface area (Å²) in [4.78, 5) is 23.7. The monoisotopic (exact) mass is 681 g/mol. The SMILES string of the molecule is CCOC(=O)/C=C/c1ccc(-c2ccc3c(c2)C(c2ccccc2)(c2ccccc2)c2cc(-c4ccc(/C=C/C(=O)OCC)cc4)ccc2N3)cc1. The molecule has 0 fully saturated rings. The second-order valence-corrected chi connectivity index (χ2v) is 12.5. The highest BCUT2D eigenvalue weighted by atomic mass is 16.5. The molecule has 5 nitrogen and oxygen atoms in total. The first-order valence-corrected chi connectivity index (χ1v) is 17.6. The van der Waals surface area contributed by atoms with Gasteiger partial charge >= 0.3 is 11.9 Å². The Hall–Kier alpha value is -6.46. The molecule has 0 spiro atoms. The molecule has 0 atom stereocenters. The minimum atomic E-state index is -0.644. The zero-order valence-corrected chi connectivity index (χ0v) is 29.2. The van der Waals surface area contributed by atoms with Gasteiger partial charge in [-0.3, -0.25) is 0 Å². The molecule has 256 valence electrons. The molecule has 0 aromatic heterocycles. The quantitative estimate of drug-likeness (QED) is 0.115. The van der Waals surface area contributed by atoms with Crippen LogP contribution in [0.5, 0.6) is 0 Å². The van der Waals surface area contributed by atoms with Crippen molar-refractivity contribution >= 4 is 35.5 Å². The van der Waals surface area contributed by atoms with Gasteiger partial charge in [-0.15, -0.1) is 0 Å². The molecule has 0 amide bonds. The Labute approximate surface area is 304 Å². The Morgan fingerprint density at radius 2 is 0.904 bits per heavy atom. The van der Waals surface area contributed by atoms with Gasteiger partial charge in [-0.25, -0.2) is 9.59 Å². The zero-order valence-electron chi connectivity index (χ0n) is 29.2. The van der Waals surface area contributed by atoms with Crippen molar-refractivity contribution in [1.29, 1.82) is 0 Å². The Morgan fingerprint density at radius 1 is 0.519 bits per heavy atom. The second kappa shape index (κ2) is 15.2. The van der Waals surface area contributed by atoms with E-state index in [1.807, 2.05) is 24.3 Å². The lowest BCUT2D eigenvalue weighted by Crippen LogP contribution is -2.35. The Morgan fingerprint density at radius 3 is 1.29 bits per heavy atom. The highest BCUT2D eigenvalue weighted by Gasteiger charge is 2.44. The van der Waals surface area contributed by atoms with Crippen molar-refractivity contribution in [2.24, 2.45) is 0 Å². The van der Waals surface area contributed by atoms with E-state index < -0.39 is 5.41 Å². The van der Waals surface area contributed by atoms with Gasteiger partial charge in [0.25, 0.3) is 0 Å². The number of ether oxygens (including phenoxy) is 2. The van der Waals surface area contributed by atoms with Crippen molar-refractivity contribution in [3.8, 4) is 22.3 Å². The van der Waals surface area contributed by atoms with E-state index in [1.165, 1.54) is 23.3 Å². The lowest BCUT2D eigenvalue weighted by Gasteiger charge is -2.43. The maximum absolute atomic E-state index is 11.9. The number of hydrogen-bond acceptors (Lipinski definition) is 5. The van der Waals surface area contributed by atoms with E-state index in [4.69, 9.17) is 9.47 Å². The number of fused-ring (bicyclic) bond motifs is 2. The first-order chi connectivity index (χ1) is 25.5. The van der Waals surface area contributed by atoms with Gasteiger partial charge in [0.2, 0.25) is 0 Å². The molecule has 0 bridgehead atoms. The van der Waals surface area contributed by atoms with Crippen molar-refractivity contribution in [1.82, 2.24) is 0 Å². The normalized spacial score (nSPS) is 12.9. The third-order valence-electron chi connectivity index (χ3n) is 9.42. The van der Waals surface area contributed by atoms with E-state index in [1.54, 1.807) is 26.0 Å². The van der Waals surface area contributed by atoms with Crippen molar-refractivity contribution in [3.05, 3.63) is 191 Å². The largest absolute Gasteiger partial charge is 0.463 e. The molecule has 1 heterocycles. The van der Waals surface area contributed by atoms with Crippen LogP contribution in [-0.2, 0) is 24.5 Å². The predicted molar refractivity (Wildman–Crippen MR) is 210 cm³/mol. The van der Waals surface area contributed by atoms with E-state index in [0.717, 1.165) is 55.9 Å². The molecule has 7 rings (SSSR count). The first kappa shape index (κ1) is 34.0. The topological polar surface area (TPSA) is 64.6 Å². The van der Waals surface area contributed by atoms with E-state index in [0.29, 0.717) is 13.2 Å². The molecule has 1 N–H and O–H groups in total. The van der Waals surface area contributed by atoms with Gasteiger partial charge < -0.3 is 14.8 Å². The number of anilines is 2. The van der Waals surface area contributed by atoms with Gasteiger partial charge in [0.1, 0.15) is 0 Å². The summed E-state index contributed by atoms with van der Waals surface area (Å²) in [6, 6.07) is 51.2. The number of carbonyl (C=O) groups excluding carboxylic acids is 2. The summed E-state index contributed by atoms with van der Waals surface area (Å²) < 4.78 is 10.1. The molecule has 1 aliphatic rings. The zero-order chi connectivity index (χ0) is 35.9. The molecule has 0 saturated heterocycles. The van der Waals surface area contributed by atoms with Crippen LogP contribution in [0.2, 0.25) is 0 Å². The van der Waals surface area contributed by atoms with Crippen LogP contribution in [0.3, 0.4) is 0 Å². The van der Waals surface area contributed by atoms with Crippen LogP contribution in [0.25, 0.3) is 34.4 Å². The summed E-state index contributed by atoms with van der Waals surface area (Å²) in [7, 11) is 0. The average molecular weight is 682 g/mol. The van der Waals surface area contributed by atoms with E-state index >= 15 is 0 Å². The summed E-state index contributed by atoms with van der Waals surface area (Å²) in [5.74, 6) is -0.703. The maximum Gasteiger partial charge on any atom is 0.330 e. The molecule has 1 aliphatic heterocycles. The number of benzene rings is 6. The molecule has 52 heavy (non-hydrogen) atoms. The van der Waals surface area contributed by atoms with E-state index in [2.05, 4.69) is 127 Å². The Bertz CT molecular complexity index is 2090. The van der Waals surface area contributed by atoms with Gasteiger partial charge in [0, 0.05) is 23.5 Å². The second-order valence-electron chi connectivity index (χ2n) is 12.5. The van der Waals surface area contributed by atoms with Crippen molar-refractivity contribution in [3.63, 3.8) is 0 Å². The predicted octanol–water partition coefficient (Wildman–Crippen LogP) is 10.6. The van der Waals surface area contributed by atoms with Crippen LogP contribution in [0.4, 0.5) is 11.4 Å². The first-order valence-electron chi connectivity index (χ1n) is 17.6. The minimum absolute atomic E-state index is 0.346. The van der Waals surface area contributed by atoms with Gasteiger partial charge in [-0.1, -0.05) is 121 Å². The summed E-state index contributed by atoms with van der Waals surface area (Å²) in [6.45, 7) is 4.29. The van der Waals surface area contributed by atoms with Gasteiger partial charge in [0.15, 0.2) is 0 Å². The van der Waals surface area contributed by atoms with Crippen LogP contribution >= 0.6 is 0 Å². The molecule has 0 saturated carbocycles. The van der Waals surface area contributed by atoms with Crippen molar-refractivity contribution < 1.29 is 19.1 Å². The molecule has 6 aromatic rings. The average Bonchev–Trinajstić information content (AvgIpc) is 3.19. The molecule has 0 unspecified atom stereocenters. The molecule has 5 heteroatoms. The van der Waals surface area contributed by atoms with Crippen LogP contribution in [-0.4, -0.2) is 25.2 Å². The highest BCUT2D eigenvalue weighted by Crippen LogP contribution is 2.55. The van der Waals surface area contributed by atoms with E-state index in [-0.39, 0.29) is 11.9 Å². The van der Waals surface area contributed by atoms with Crippen LogP contribution < -0.4 is 5.32 Å². The standard InChI is InChI=1S/C47H39NO4/c1-3-51-45(49)29-19-33-15-21-35(22-16-33)37-25-27-43-41(31-37)47(39-11-7-5-8-12-39,40-13-9-6-10-14-40)42-32-38(26-28-44(42)48-43)36-23-17-34(18-24-36)20-30-46(50)52-4-2/h5-32,48H,3-4H2,1-2H3/b29-19+,30-20+. The van der Waals surface area contributed by atoms with Gasteiger partial charge in [-0.05, 0) is 106 Å². The minimum Gasteiger partial charge on any atom is -0.463 e. The third-order valence-corrected chi connectivity index (χ3v) is 9.42. The van der Waals surface area contributed by atoms with Crippen molar-refractivity contribution in [2.75, 3.05) is 18.5 Å². The van der Waals surface area contributed by atoms with Crippen LogP contribution in [0, 0.1) is 0 Å². The molecule has 6 aromatic carbocycles. The number of rotatable bonds is 10. The number of esters is 2. The van der Waals surface area contributed by atoms with Crippen molar-refractivity contribution in [2.45, 2.75) is 19.3 Å². The lowest BCUT2D eigenvalue weighted by atomic mass is 9.62. The summed E-state index contributed by atoms with van der Waals surface area (Å²) in [5.41, 5.74) is 12.2. The highest BCUT2D eigenvalue weighted by molar-refractivity contribution is 5.89. The van der Waals surface area contributed by atoms with Crippen LogP contribution in [0.1, 0.15) is 47.2 Å². The maximum atomic E-state index is 11.9. The summed E-state index contributed by atoms with van der Waals surface area (Å²) >= 11 is 0. The van der Waals surface area contributed by atoms with Gasteiger partial charge in [-0.2, -0.15) is 0 Å². The molecular formula is C47H39NO4. The fourth-order valence-corrected chi connectivity index (χ4v) is 7.02. The molecular weight excluding hydrogens is 643 g/mol. The molecule has 0 radical (unpaired) electrons. The Kier molecular flexibility index (Phi) is 9.94. The number of hydrogen-bond donors (Lipinski definition) is 1. The Balaban J connectivity index is 1.36. The number of carbonyl (C=O) groups is 2.